The van der Waals surface area contributed by atoms with E-state index in [9.17, 15) is 0 Å². The molecule has 1 saturated heterocycles. The Morgan fingerprint density at radius 3 is 2.79 bits per heavy atom. The van der Waals surface area contributed by atoms with Crippen molar-refractivity contribution >= 4 is 28.2 Å². The second-order valence-electron chi connectivity index (χ2n) is 4.99. The molecule has 3 rings (SSSR count). The van der Waals surface area contributed by atoms with Gasteiger partial charge in [-0.1, -0.05) is 17.7 Å². The number of halogens is 1. The van der Waals surface area contributed by atoms with Gasteiger partial charge in [-0.3, -0.25) is 0 Å². The van der Waals surface area contributed by atoms with Crippen molar-refractivity contribution in [3.05, 3.63) is 28.9 Å². The number of piperidine rings is 1. The summed E-state index contributed by atoms with van der Waals surface area (Å²) in [7, 11) is 0. The van der Waals surface area contributed by atoms with Crippen molar-refractivity contribution in [3.8, 4) is 0 Å². The van der Waals surface area contributed by atoms with E-state index in [1.54, 1.807) is 0 Å². The van der Waals surface area contributed by atoms with Crippen molar-refractivity contribution in [2.75, 3.05) is 18.4 Å². The van der Waals surface area contributed by atoms with E-state index in [1.165, 1.54) is 0 Å². The van der Waals surface area contributed by atoms with Crippen molar-refractivity contribution in [2.24, 2.45) is 0 Å². The summed E-state index contributed by atoms with van der Waals surface area (Å²) in [4.78, 5) is 0. The third kappa shape index (κ3) is 2.65. The van der Waals surface area contributed by atoms with E-state index in [0.29, 0.717) is 6.04 Å². The minimum atomic E-state index is 0.459. The van der Waals surface area contributed by atoms with Crippen LogP contribution in [0.4, 0.5) is 5.82 Å². The molecule has 1 aliphatic heterocycles. The highest BCUT2D eigenvalue weighted by Crippen LogP contribution is 2.27. The first-order valence-corrected chi connectivity index (χ1v) is 7.01. The molecule has 1 aromatic carbocycles. The van der Waals surface area contributed by atoms with Gasteiger partial charge in [0.25, 0.3) is 0 Å². The molecule has 2 heterocycles. The lowest BCUT2D eigenvalue weighted by atomic mass is 10.1. The Balaban J connectivity index is 1.98. The first kappa shape index (κ1) is 12.6. The summed E-state index contributed by atoms with van der Waals surface area (Å²) in [5, 5.41) is 18.3. The molecular weight excluding hydrogens is 260 g/mol. The molecule has 2 N–H and O–H groups in total. The molecule has 1 aromatic heterocycles. The van der Waals surface area contributed by atoms with Gasteiger partial charge in [-0.2, -0.15) is 5.10 Å². The topological polar surface area (TPSA) is 49.8 Å². The molecule has 1 fully saturated rings. The second kappa shape index (κ2) is 5.31. The Bertz CT molecular complexity index is 593. The number of rotatable bonds is 2. The highest BCUT2D eigenvalue weighted by molar-refractivity contribution is 6.31. The van der Waals surface area contributed by atoms with E-state index in [-0.39, 0.29) is 0 Å². The predicted octanol–water partition coefficient (Wildman–Crippen LogP) is 2.76. The molecule has 2 aromatic rings. The maximum absolute atomic E-state index is 6.10. The van der Waals surface area contributed by atoms with Crippen molar-refractivity contribution in [1.29, 1.82) is 0 Å². The molecule has 100 valence electrons. The molecular formula is C14H17ClN4. The van der Waals surface area contributed by atoms with Gasteiger partial charge in [-0.15, -0.1) is 5.10 Å². The Morgan fingerprint density at radius 1 is 1.21 bits per heavy atom. The number of benzene rings is 1. The van der Waals surface area contributed by atoms with E-state index in [0.717, 1.165) is 53.2 Å². The van der Waals surface area contributed by atoms with Crippen LogP contribution in [0.1, 0.15) is 18.5 Å². The lowest BCUT2D eigenvalue weighted by Gasteiger charge is -2.24. The number of nitrogens with one attached hydrogen (secondary N) is 2. The normalized spacial score (nSPS) is 16.7. The van der Waals surface area contributed by atoms with Crippen LogP contribution in [0.15, 0.2) is 18.2 Å². The summed E-state index contributed by atoms with van der Waals surface area (Å²) in [5.41, 5.74) is 0.933. The van der Waals surface area contributed by atoms with Gasteiger partial charge >= 0.3 is 0 Å². The smallest absolute Gasteiger partial charge is 0.156 e. The van der Waals surface area contributed by atoms with Crippen molar-refractivity contribution in [1.82, 2.24) is 15.5 Å². The largest absolute Gasteiger partial charge is 0.365 e. The first-order valence-electron chi connectivity index (χ1n) is 6.64. The van der Waals surface area contributed by atoms with Crippen LogP contribution in [0.3, 0.4) is 0 Å². The zero-order chi connectivity index (χ0) is 13.2. The molecule has 0 aliphatic carbocycles. The van der Waals surface area contributed by atoms with E-state index < -0.39 is 0 Å². The minimum Gasteiger partial charge on any atom is -0.365 e. The zero-order valence-electron chi connectivity index (χ0n) is 10.9. The molecule has 0 atom stereocenters. The third-order valence-electron chi connectivity index (χ3n) is 3.61. The van der Waals surface area contributed by atoms with E-state index >= 15 is 0 Å². The Kier molecular flexibility index (Phi) is 3.53. The van der Waals surface area contributed by atoms with Crippen LogP contribution in [0, 0.1) is 6.92 Å². The molecule has 4 nitrogen and oxygen atoms in total. The number of nitrogens with zero attached hydrogens (tertiary/aromatic N) is 2. The van der Waals surface area contributed by atoms with Crippen molar-refractivity contribution in [3.63, 3.8) is 0 Å². The van der Waals surface area contributed by atoms with Crippen LogP contribution in [-0.4, -0.2) is 29.3 Å². The van der Waals surface area contributed by atoms with Gasteiger partial charge in [0.15, 0.2) is 5.82 Å². The summed E-state index contributed by atoms with van der Waals surface area (Å²) in [6.45, 7) is 4.07. The number of aryl methyl sites for hydroxylation is 1. The van der Waals surface area contributed by atoms with Crippen molar-refractivity contribution in [2.45, 2.75) is 25.8 Å². The minimum absolute atomic E-state index is 0.459. The SMILES string of the molecule is Cc1nnc(NC2CCNCC2)c2cc(Cl)ccc12. The highest BCUT2D eigenvalue weighted by Gasteiger charge is 2.15. The lowest BCUT2D eigenvalue weighted by Crippen LogP contribution is -2.35. The summed E-state index contributed by atoms with van der Waals surface area (Å²) in [6.07, 6.45) is 2.22. The number of hydrogen-bond donors (Lipinski definition) is 2. The fraction of sp³-hybridized carbons (Fsp3) is 0.429. The van der Waals surface area contributed by atoms with Gasteiger partial charge in [-0.25, -0.2) is 0 Å². The van der Waals surface area contributed by atoms with E-state index in [1.807, 2.05) is 25.1 Å². The Labute approximate surface area is 117 Å². The van der Waals surface area contributed by atoms with Gasteiger partial charge in [-0.05, 0) is 45.0 Å². The number of aromatic nitrogens is 2. The van der Waals surface area contributed by atoms with Gasteiger partial charge in [0.05, 0.1) is 5.69 Å². The quantitative estimate of drug-likeness (QED) is 0.886. The number of anilines is 1. The third-order valence-corrected chi connectivity index (χ3v) is 3.84. The Hall–Kier alpha value is -1.39. The summed E-state index contributed by atoms with van der Waals surface area (Å²) < 4.78 is 0. The summed E-state index contributed by atoms with van der Waals surface area (Å²) >= 11 is 6.10. The van der Waals surface area contributed by atoms with Crippen LogP contribution in [-0.2, 0) is 0 Å². The van der Waals surface area contributed by atoms with Crippen LogP contribution < -0.4 is 10.6 Å². The van der Waals surface area contributed by atoms with E-state index in [4.69, 9.17) is 11.6 Å². The second-order valence-corrected chi connectivity index (χ2v) is 5.43. The average molecular weight is 277 g/mol. The molecule has 0 bridgehead atoms. The molecule has 0 saturated carbocycles. The lowest BCUT2D eigenvalue weighted by molar-refractivity contribution is 0.478. The maximum Gasteiger partial charge on any atom is 0.156 e. The standard InChI is InChI=1S/C14H17ClN4/c1-9-12-3-2-10(15)8-13(12)14(19-18-9)17-11-4-6-16-7-5-11/h2-3,8,11,16H,4-7H2,1H3,(H,17,19). The summed E-state index contributed by atoms with van der Waals surface area (Å²) in [5.74, 6) is 0.843. The average Bonchev–Trinajstić information content (AvgIpc) is 2.43. The Morgan fingerprint density at radius 2 is 2.00 bits per heavy atom. The molecule has 0 amide bonds. The predicted molar refractivity (Wildman–Crippen MR) is 78.8 cm³/mol. The molecule has 0 spiro atoms. The highest BCUT2D eigenvalue weighted by atomic mass is 35.5. The molecule has 5 heteroatoms. The van der Waals surface area contributed by atoms with Crippen LogP contribution in [0.25, 0.3) is 10.8 Å². The van der Waals surface area contributed by atoms with Crippen molar-refractivity contribution < 1.29 is 0 Å². The zero-order valence-corrected chi connectivity index (χ0v) is 11.7. The monoisotopic (exact) mass is 276 g/mol. The first-order chi connectivity index (χ1) is 9.24. The fourth-order valence-electron chi connectivity index (χ4n) is 2.53. The van der Waals surface area contributed by atoms with Crippen LogP contribution in [0.5, 0.6) is 0 Å². The number of fused-ring (bicyclic) bond motifs is 1. The van der Waals surface area contributed by atoms with Gasteiger partial charge in [0.2, 0.25) is 0 Å². The fourth-order valence-corrected chi connectivity index (χ4v) is 2.70. The van der Waals surface area contributed by atoms with Gasteiger partial charge in [0.1, 0.15) is 0 Å². The molecule has 19 heavy (non-hydrogen) atoms. The van der Waals surface area contributed by atoms with Crippen LogP contribution >= 0.6 is 11.6 Å². The van der Waals surface area contributed by atoms with Gasteiger partial charge in [0, 0.05) is 21.8 Å². The van der Waals surface area contributed by atoms with Crippen LogP contribution in [0.2, 0.25) is 5.02 Å². The van der Waals surface area contributed by atoms with Gasteiger partial charge < -0.3 is 10.6 Å². The maximum atomic E-state index is 6.10. The molecule has 0 radical (unpaired) electrons. The molecule has 1 aliphatic rings. The summed E-state index contributed by atoms with van der Waals surface area (Å²) in [6, 6.07) is 6.32. The molecule has 0 unspecified atom stereocenters. The number of hydrogen-bond acceptors (Lipinski definition) is 4. The van der Waals surface area contributed by atoms with E-state index in [2.05, 4.69) is 20.8 Å².